The third-order valence-electron chi connectivity index (χ3n) is 3.10. The van der Waals surface area contributed by atoms with Gasteiger partial charge in [-0.15, -0.1) is 0 Å². The topological polar surface area (TPSA) is 64.7 Å². The van der Waals surface area contributed by atoms with Crippen LogP contribution in [0, 0.1) is 0 Å². The number of nitrogens with zero attached hydrogens (tertiary/aromatic N) is 1. The minimum absolute atomic E-state index is 0.372. The minimum atomic E-state index is -0.385. The third-order valence-corrected chi connectivity index (χ3v) is 3.41. The highest BCUT2D eigenvalue weighted by molar-refractivity contribution is 6.34. The predicted molar refractivity (Wildman–Crippen MR) is 80.6 cm³/mol. The first-order chi connectivity index (χ1) is 9.58. The highest BCUT2D eigenvalue weighted by Gasteiger charge is 2.31. The smallest absolute Gasteiger partial charge is 0.334 e. The molecule has 1 fully saturated rings. The Kier molecular flexibility index (Phi) is 4.25. The van der Waals surface area contributed by atoms with Gasteiger partial charge >= 0.3 is 5.97 Å². The Morgan fingerprint density at radius 1 is 1.60 bits per heavy atom. The number of hydrogen-bond donors (Lipinski definition) is 1. The molecule has 0 bridgehead atoms. The summed E-state index contributed by atoms with van der Waals surface area (Å²) in [6.45, 7) is 3.69. The van der Waals surface area contributed by atoms with E-state index in [-0.39, 0.29) is 12.1 Å². The number of nitrogens with two attached hydrogens (primary N) is 1. The number of allylic oxidation sites excluding steroid dienone is 1. The van der Waals surface area contributed by atoms with Crippen LogP contribution >= 0.6 is 11.6 Å². The fraction of sp³-hybridized carbons (Fsp3) is 0.200. The van der Waals surface area contributed by atoms with E-state index in [2.05, 4.69) is 11.6 Å². The SMILES string of the molecule is C=C1CC(c2cccc(Cl)c2/C(C=NC)=C/N)OC1=O. The summed E-state index contributed by atoms with van der Waals surface area (Å²) in [4.78, 5) is 15.5. The summed E-state index contributed by atoms with van der Waals surface area (Å²) >= 11 is 6.27. The van der Waals surface area contributed by atoms with Crippen molar-refractivity contribution >= 4 is 29.4 Å². The molecule has 1 heterocycles. The van der Waals surface area contributed by atoms with Crippen LogP contribution in [0.15, 0.2) is 41.5 Å². The van der Waals surface area contributed by atoms with Crippen LogP contribution in [0.4, 0.5) is 0 Å². The van der Waals surface area contributed by atoms with Gasteiger partial charge in [0.15, 0.2) is 0 Å². The first-order valence-electron chi connectivity index (χ1n) is 6.10. The first kappa shape index (κ1) is 14.3. The number of carbonyl (C=O) groups is 1. The van der Waals surface area contributed by atoms with Crippen LogP contribution in [0.1, 0.15) is 23.7 Å². The van der Waals surface area contributed by atoms with Gasteiger partial charge in [-0.3, -0.25) is 4.99 Å². The maximum atomic E-state index is 11.5. The van der Waals surface area contributed by atoms with E-state index >= 15 is 0 Å². The molecule has 1 aromatic rings. The average Bonchev–Trinajstić information content (AvgIpc) is 2.76. The van der Waals surface area contributed by atoms with Gasteiger partial charge in [0.1, 0.15) is 6.10 Å². The number of cyclic esters (lactones) is 1. The van der Waals surface area contributed by atoms with Crippen LogP contribution in [0.2, 0.25) is 5.02 Å². The fourth-order valence-electron chi connectivity index (χ4n) is 2.18. The number of esters is 1. The van der Waals surface area contributed by atoms with Crippen LogP contribution in [0.25, 0.3) is 5.57 Å². The van der Waals surface area contributed by atoms with Crippen molar-refractivity contribution in [1.29, 1.82) is 0 Å². The highest BCUT2D eigenvalue weighted by atomic mass is 35.5. The molecule has 4 nitrogen and oxygen atoms in total. The molecule has 1 aromatic carbocycles. The molecule has 0 spiro atoms. The highest BCUT2D eigenvalue weighted by Crippen LogP contribution is 2.38. The summed E-state index contributed by atoms with van der Waals surface area (Å²) in [5, 5.41) is 0.535. The molecular formula is C15H15ClN2O2. The average molecular weight is 291 g/mol. The molecule has 1 aliphatic heterocycles. The summed E-state index contributed by atoms with van der Waals surface area (Å²) in [6, 6.07) is 5.44. The predicted octanol–water partition coefficient (Wildman–Crippen LogP) is 2.88. The number of hydrogen-bond acceptors (Lipinski definition) is 4. The van der Waals surface area contributed by atoms with Gasteiger partial charge in [-0.2, -0.15) is 0 Å². The molecular weight excluding hydrogens is 276 g/mol. The zero-order valence-corrected chi connectivity index (χ0v) is 11.9. The minimum Gasteiger partial charge on any atom is -0.454 e. The van der Waals surface area contributed by atoms with E-state index in [1.54, 1.807) is 19.3 Å². The molecule has 2 N–H and O–H groups in total. The Morgan fingerprint density at radius 3 is 2.90 bits per heavy atom. The lowest BCUT2D eigenvalue weighted by Gasteiger charge is -2.16. The second kappa shape index (κ2) is 5.92. The summed E-state index contributed by atoms with van der Waals surface area (Å²) in [7, 11) is 1.65. The standard InChI is InChI=1S/C15H15ClN2O2/c1-9-6-13(20-15(9)19)11-4-3-5-12(16)14(11)10(7-17)8-18-2/h3-5,7-8,13H,1,6,17H2,2H3/b10-7+,18-8?. The van der Waals surface area contributed by atoms with Crippen molar-refractivity contribution in [3.8, 4) is 0 Å². The summed E-state index contributed by atoms with van der Waals surface area (Å²) in [6.07, 6.45) is 3.12. The van der Waals surface area contributed by atoms with Gasteiger partial charge in [-0.1, -0.05) is 30.3 Å². The van der Waals surface area contributed by atoms with Gasteiger partial charge in [-0.05, 0) is 6.07 Å². The quantitative estimate of drug-likeness (QED) is 0.529. The molecule has 5 heteroatoms. The van der Waals surface area contributed by atoms with Gasteiger partial charge in [0, 0.05) is 53.2 Å². The number of ether oxygens (including phenoxy) is 1. The number of carbonyl (C=O) groups excluding carboxylic acids is 1. The second-order valence-electron chi connectivity index (χ2n) is 4.41. The van der Waals surface area contributed by atoms with E-state index in [1.807, 2.05) is 12.1 Å². The van der Waals surface area contributed by atoms with E-state index in [9.17, 15) is 4.79 Å². The molecule has 0 amide bonds. The molecule has 0 saturated carbocycles. The fourth-order valence-corrected chi connectivity index (χ4v) is 2.47. The number of aliphatic imine (C=N–C) groups is 1. The van der Waals surface area contributed by atoms with Gasteiger partial charge in [0.2, 0.25) is 0 Å². The van der Waals surface area contributed by atoms with E-state index in [0.29, 0.717) is 22.6 Å². The van der Waals surface area contributed by atoms with Crippen molar-refractivity contribution in [2.45, 2.75) is 12.5 Å². The van der Waals surface area contributed by atoms with Crippen LogP contribution in [-0.2, 0) is 9.53 Å². The lowest BCUT2D eigenvalue weighted by Crippen LogP contribution is -2.05. The van der Waals surface area contributed by atoms with Gasteiger partial charge in [0.25, 0.3) is 0 Å². The molecule has 104 valence electrons. The molecule has 0 aromatic heterocycles. The summed E-state index contributed by atoms with van der Waals surface area (Å²) in [5.41, 5.74) is 8.33. The normalized spacial score (nSPS) is 19.7. The molecule has 1 unspecified atom stereocenters. The maximum absolute atomic E-state index is 11.5. The van der Waals surface area contributed by atoms with E-state index in [0.717, 1.165) is 11.1 Å². The Hall–Kier alpha value is -2.07. The Bertz CT molecular complexity index is 604. The van der Waals surface area contributed by atoms with Crippen molar-refractivity contribution in [1.82, 2.24) is 0 Å². The van der Waals surface area contributed by atoms with E-state index in [1.165, 1.54) is 6.20 Å². The molecule has 1 atom stereocenters. The number of rotatable bonds is 3. The van der Waals surface area contributed by atoms with Gasteiger partial charge in [-0.25, -0.2) is 4.79 Å². The van der Waals surface area contributed by atoms with Crippen LogP contribution in [0.5, 0.6) is 0 Å². The van der Waals surface area contributed by atoms with Gasteiger partial charge < -0.3 is 10.5 Å². The molecule has 1 saturated heterocycles. The third kappa shape index (κ3) is 2.60. The molecule has 0 radical (unpaired) electrons. The van der Waals surface area contributed by atoms with Crippen molar-refractivity contribution < 1.29 is 9.53 Å². The van der Waals surface area contributed by atoms with Crippen molar-refractivity contribution in [2.75, 3.05) is 7.05 Å². The van der Waals surface area contributed by atoms with Crippen LogP contribution < -0.4 is 5.73 Å². The van der Waals surface area contributed by atoms with E-state index in [4.69, 9.17) is 22.1 Å². The van der Waals surface area contributed by atoms with Crippen molar-refractivity contribution in [2.24, 2.45) is 10.7 Å². The maximum Gasteiger partial charge on any atom is 0.334 e. The van der Waals surface area contributed by atoms with Crippen molar-refractivity contribution in [3.63, 3.8) is 0 Å². The Labute approximate surface area is 122 Å². The zero-order chi connectivity index (χ0) is 14.7. The Morgan fingerprint density at radius 2 is 2.35 bits per heavy atom. The zero-order valence-electron chi connectivity index (χ0n) is 11.1. The Balaban J connectivity index is 2.52. The van der Waals surface area contributed by atoms with Crippen LogP contribution in [0.3, 0.4) is 0 Å². The van der Waals surface area contributed by atoms with E-state index < -0.39 is 0 Å². The summed E-state index contributed by atoms with van der Waals surface area (Å²) in [5.74, 6) is -0.372. The molecule has 2 rings (SSSR count). The summed E-state index contributed by atoms with van der Waals surface area (Å²) < 4.78 is 5.32. The first-order valence-corrected chi connectivity index (χ1v) is 6.48. The number of halogens is 1. The lowest BCUT2D eigenvalue weighted by atomic mass is 9.95. The molecule has 0 aliphatic carbocycles. The largest absolute Gasteiger partial charge is 0.454 e. The van der Waals surface area contributed by atoms with Crippen LogP contribution in [-0.4, -0.2) is 19.2 Å². The molecule has 20 heavy (non-hydrogen) atoms. The van der Waals surface area contributed by atoms with Crippen molar-refractivity contribution in [3.05, 3.63) is 52.7 Å². The van der Waals surface area contributed by atoms with Gasteiger partial charge in [0.05, 0.1) is 0 Å². The monoisotopic (exact) mass is 290 g/mol. The number of benzene rings is 1. The molecule has 1 aliphatic rings. The second-order valence-corrected chi connectivity index (χ2v) is 4.82. The lowest BCUT2D eigenvalue weighted by molar-refractivity contribution is -0.139.